The molecule has 17 heavy (non-hydrogen) atoms. The summed E-state index contributed by atoms with van der Waals surface area (Å²) in [6.07, 6.45) is 3.17. The first-order valence-corrected chi connectivity index (χ1v) is 6.18. The minimum atomic E-state index is 0.0180. The maximum absolute atomic E-state index is 6.04. The summed E-state index contributed by atoms with van der Waals surface area (Å²) in [7, 11) is 0. The Labute approximate surface area is 101 Å². The van der Waals surface area contributed by atoms with Gasteiger partial charge >= 0.3 is 0 Å². The Balaban J connectivity index is 1.70. The largest absolute Gasteiger partial charge is 0.490 e. The second-order valence-electron chi connectivity index (χ2n) is 4.93. The summed E-state index contributed by atoms with van der Waals surface area (Å²) in [5, 5.41) is 3.36. The molecule has 0 aromatic heterocycles. The molecule has 1 aromatic carbocycles. The number of nitrogens with one attached hydrogen (secondary N) is 1. The predicted molar refractivity (Wildman–Crippen MR) is 66.7 cm³/mol. The molecule has 0 amide bonds. The molecule has 0 saturated heterocycles. The van der Waals surface area contributed by atoms with Crippen molar-refractivity contribution >= 4 is 5.69 Å². The van der Waals surface area contributed by atoms with Crippen molar-refractivity contribution in [2.24, 2.45) is 5.73 Å². The lowest BCUT2D eigenvalue weighted by molar-refractivity contribution is 0.297. The number of hydrogen-bond acceptors (Lipinski definition) is 4. The maximum Gasteiger partial charge on any atom is 0.163 e. The lowest BCUT2D eigenvalue weighted by Gasteiger charge is -2.13. The van der Waals surface area contributed by atoms with Gasteiger partial charge in [-0.1, -0.05) is 0 Å². The molecule has 0 spiro atoms. The first-order chi connectivity index (χ1) is 8.25. The van der Waals surface area contributed by atoms with Gasteiger partial charge in [-0.3, -0.25) is 0 Å². The maximum atomic E-state index is 6.04. The van der Waals surface area contributed by atoms with E-state index in [1.165, 1.54) is 0 Å². The van der Waals surface area contributed by atoms with Crippen molar-refractivity contribution in [3.63, 3.8) is 0 Å². The summed E-state index contributed by atoms with van der Waals surface area (Å²) < 4.78 is 11.2. The third-order valence-corrected chi connectivity index (χ3v) is 3.28. The molecule has 3 rings (SSSR count). The molecule has 1 aromatic rings. The highest BCUT2D eigenvalue weighted by Gasteiger charge is 2.37. The van der Waals surface area contributed by atoms with Crippen molar-refractivity contribution in [1.29, 1.82) is 0 Å². The van der Waals surface area contributed by atoms with E-state index in [1.807, 2.05) is 18.2 Å². The number of benzene rings is 1. The topological polar surface area (TPSA) is 56.5 Å². The van der Waals surface area contributed by atoms with Crippen LogP contribution >= 0.6 is 0 Å². The lowest BCUT2D eigenvalue weighted by atomic mass is 10.2. The highest BCUT2D eigenvalue weighted by Crippen LogP contribution is 2.35. The summed E-state index contributed by atoms with van der Waals surface area (Å²) in [6.45, 7) is 2.27. The van der Waals surface area contributed by atoms with Gasteiger partial charge in [0.2, 0.25) is 0 Å². The van der Waals surface area contributed by atoms with Crippen LogP contribution in [-0.2, 0) is 0 Å². The van der Waals surface area contributed by atoms with Gasteiger partial charge in [0, 0.05) is 30.3 Å². The van der Waals surface area contributed by atoms with Gasteiger partial charge in [-0.25, -0.2) is 0 Å². The van der Waals surface area contributed by atoms with Crippen molar-refractivity contribution < 1.29 is 9.47 Å². The summed E-state index contributed by atoms with van der Waals surface area (Å²) in [5.41, 5.74) is 7.10. The second kappa shape index (κ2) is 4.11. The van der Waals surface area contributed by atoms with Gasteiger partial charge in [0.05, 0.1) is 13.2 Å². The zero-order valence-corrected chi connectivity index (χ0v) is 9.87. The van der Waals surface area contributed by atoms with Crippen LogP contribution in [0.4, 0.5) is 5.69 Å². The summed E-state index contributed by atoms with van der Waals surface area (Å²) in [6, 6.07) is 5.96. The molecular formula is C13H18N2O2. The third-order valence-electron chi connectivity index (χ3n) is 3.28. The van der Waals surface area contributed by atoms with Gasteiger partial charge in [-0.15, -0.1) is 0 Å². The Kier molecular flexibility index (Phi) is 2.59. The highest BCUT2D eigenvalue weighted by atomic mass is 16.5. The molecule has 0 atom stereocenters. The first-order valence-electron chi connectivity index (χ1n) is 6.18. The van der Waals surface area contributed by atoms with Crippen LogP contribution in [-0.4, -0.2) is 25.3 Å². The van der Waals surface area contributed by atoms with Gasteiger partial charge in [0.1, 0.15) is 0 Å². The Morgan fingerprint density at radius 3 is 2.71 bits per heavy atom. The second-order valence-corrected chi connectivity index (χ2v) is 4.93. The van der Waals surface area contributed by atoms with E-state index in [4.69, 9.17) is 15.2 Å². The van der Waals surface area contributed by atoms with Crippen molar-refractivity contribution in [3.05, 3.63) is 18.2 Å². The number of anilines is 1. The van der Waals surface area contributed by atoms with E-state index in [0.717, 1.165) is 56.2 Å². The van der Waals surface area contributed by atoms with E-state index in [9.17, 15) is 0 Å². The fourth-order valence-corrected chi connectivity index (χ4v) is 1.89. The number of ether oxygens (including phenoxy) is 2. The van der Waals surface area contributed by atoms with Gasteiger partial charge in [-0.2, -0.15) is 0 Å². The third kappa shape index (κ3) is 2.47. The van der Waals surface area contributed by atoms with E-state index >= 15 is 0 Å². The van der Waals surface area contributed by atoms with E-state index in [2.05, 4.69) is 5.32 Å². The molecule has 3 N–H and O–H groups in total. The summed E-state index contributed by atoms with van der Waals surface area (Å²) >= 11 is 0. The van der Waals surface area contributed by atoms with Crippen molar-refractivity contribution in [3.8, 4) is 11.5 Å². The minimum absolute atomic E-state index is 0.0180. The molecule has 0 unspecified atom stereocenters. The highest BCUT2D eigenvalue weighted by molar-refractivity contribution is 5.55. The fraction of sp³-hybridized carbons (Fsp3) is 0.538. The molecule has 1 saturated carbocycles. The van der Waals surface area contributed by atoms with E-state index < -0.39 is 0 Å². The van der Waals surface area contributed by atoms with Gasteiger partial charge < -0.3 is 20.5 Å². The average molecular weight is 234 g/mol. The van der Waals surface area contributed by atoms with Gasteiger partial charge in [-0.05, 0) is 25.0 Å². The lowest BCUT2D eigenvalue weighted by Crippen LogP contribution is -2.31. The Morgan fingerprint density at radius 2 is 1.94 bits per heavy atom. The predicted octanol–water partition coefficient (Wildman–Crippen LogP) is 1.75. The number of fused-ring (bicyclic) bond motifs is 1. The SMILES string of the molecule is NC1(CNc2ccc3c(c2)OCCCO3)CC1. The fourth-order valence-electron chi connectivity index (χ4n) is 1.89. The van der Waals surface area contributed by atoms with Crippen molar-refractivity contribution in [2.45, 2.75) is 24.8 Å². The van der Waals surface area contributed by atoms with Crippen LogP contribution in [0, 0.1) is 0 Å². The van der Waals surface area contributed by atoms with Gasteiger partial charge in [0.15, 0.2) is 11.5 Å². The van der Waals surface area contributed by atoms with Crippen molar-refractivity contribution in [1.82, 2.24) is 0 Å². The monoisotopic (exact) mass is 234 g/mol. The Bertz CT molecular complexity index is 416. The Morgan fingerprint density at radius 1 is 1.18 bits per heavy atom. The molecule has 0 bridgehead atoms. The molecule has 92 valence electrons. The molecule has 2 aliphatic rings. The standard InChI is InChI=1S/C13H18N2O2/c14-13(4-5-13)9-15-10-2-3-11-12(8-10)17-7-1-6-16-11/h2-3,8,15H,1,4-7,9,14H2. The van der Waals surface area contributed by atoms with E-state index in [-0.39, 0.29) is 5.54 Å². The molecular weight excluding hydrogens is 216 g/mol. The average Bonchev–Trinajstić information content (AvgIpc) is 3.10. The van der Waals surface area contributed by atoms with Crippen LogP contribution in [0.1, 0.15) is 19.3 Å². The summed E-state index contributed by atoms with van der Waals surface area (Å²) in [5.74, 6) is 1.66. The van der Waals surface area contributed by atoms with Crippen LogP contribution in [0.25, 0.3) is 0 Å². The zero-order valence-electron chi connectivity index (χ0n) is 9.87. The van der Waals surface area contributed by atoms with Crippen LogP contribution < -0.4 is 20.5 Å². The zero-order chi connectivity index (χ0) is 11.7. The number of nitrogens with two attached hydrogens (primary N) is 1. The molecule has 1 aliphatic carbocycles. The normalized spacial score (nSPS) is 20.5. The van der Waals surface area contributed by atoms with Crippen molar-refractivity contribution in [2.75, 3.05) is 25.1 Å². The van der Waals surface area contributed by atoms with Crippen LogP contribution in [0.3, 0.4) is 0 Å². The molecule has 0 radical (unpaired) electrons. The minimum Gasteiger partial charge on any atom is -0.490 e. The van der Waals surface area contributed by atoms with Crippen LogP contribution in [0.5, 0.6) is 11.5 Å². The van der Waals surface area contributed by atoms with Gasteiger partial charge in [0.25, 0.3) is 0 Å². The summed E-state index contributed by atoms with van der Waals surface area (Å²) in [4.78, 5) is 0. The van der Waals surface area contributed by atoms with Crippen LogP contribution in [0.15, 0.2) is 18.2 Å². The quantitative estimate of drug-likeness (QED) is 0.836. The molecule has 1 aliphatic heterocycles. The number of hydrogen-bond donors (Lipinski definition) is 2. The van der Waals surface area contributed by atoms with E-state index in [1.54, 1.807) is 0 Å². The van der Waals surface area contributed by atoms with E-state index in [0.29, 0.717) is 0 Å². The molecule has 1 fully saturated rings. The number of rotatable bonds is 3. The first kappa shape index (κ1) is 10.7. The Hall–Kier alpha value is -1.42. The smallest absolute Gasteiger partial charge is 0.163 e. The van der Waals surface area contributed by atoms with Crippen LogP contribution in [0.2, 0.25) is 0 Å². The molecule has 4 nitrogen and oxygen atoms in total. The molecule has 4 heteroatoms. The molecule has 1 heterocycles.